The van der Waals surface area contributed by atoms with Gasteiger partial charge < -0.3 is 4.74 Å². The molecule has 0 N–H and O–H groups in total. The molecule has 1 heterocycles. The molecule has 1 fully saturated rings. The summed E-state index contributed by atoms with van der Waals surface area (Å²) in [5.41, 5.74) is 1.75. The zero-order valence-electron chi connectivity index (χ0n) is 12.1. The normalized spacial score (nSPS) is 17.1. The van der Waals surface area contributed by atoms with Crippen molar-refractivity contribution in [3.8, 4) is 0 Å². The molecule has 0 saturated heterocycles. The van der Waals surface area contributed by atoms with Crippen molar-refractivity contribution >= 4 is 16.7 Å². The minimum Gasteiger partial charge on any atom is -0.378 e. The average molecular weight is 272 g/mol. The lowest BCUT2D eigenvalue weighted by Crippen LogP contribution is -2.41. The number of Topliss-reactive ketones (excluding diaryl/α,β-unsaturated/α-hetero) is 1. The Hall–Kier alpha value is -1.68. The van der Waals surface area contributed by atoms with Crippen molar-refractivity contribution < 1.29 is 9.53 Å². The molecule has 0 atom stereocenters. The Morgan fingerprint density at radius 1 is 1.40 bits per heavy atom. The highest BCUT2D eigenvalue weighted by Crippen LogP contribution is 2.38. The van der Waals surface area contributed by atoms with E-state index in [2.05, 4.69) is 5.10 Å². The van der Waals surface area contributed by atoms with E-state index in [-0.39, 0.29) is 11.4 Å². The number of hydrogen-bond acceptors (Lipinski definition) is 3. The van der Waals surface area contributed by atoms with Gasteiger partial charge in [0.25, 0.3) is 0 Å². The quantitative estimate of drug-likeness (QED) is 0.840. The van der Waals surface area contributed by atoms with Crippen LogP contribution in [0.15, 0.2) is 24.3 Å². The Morgan fingerprint density at radius 2 is 2.15 bits per heavy atom. The van der Waals surface area contributed by atoms with Gasteiger partial charge in [0.15, 0.2) is 0 Å². The van der Waals surface area contributed by atoms with E-state index >= 15 is 0 Å². The molecule has 0 aliphatic heterocycles. The van der Waals surface area contributed by atoms with Crippen molar-refractivity contribution in [1.82, 2.24) is 9.78 Å². The number of methoxy groups -OCH3 is 1. The SMILES string of the molecule is COC1(CC(=O)Cc2nn(C)c3ccccc23)CCC1. The molecular weight excluding hydrogens is 252 g/mol. The van der Waals surface area contributed by atoms with Gasteiger partial charge in [-0.3, -0.25) is 9.48 Å². The molecule has 1 aliphatic rings. The van der Waals surface area contributed by atoms with Crippen LogP contribution in [0.4, 0.5) is 0 Å². The minimum atomic E-state index is -0.193. The Balaban J connectivity index is 1.78. The maximum Gasteiger partial charge on any atom is 0.141 e. The maximum absolute atomic E-state index is 12.3. The van der Waals surface area contributed by atoms with Gasteiger partial charge in [-0.05, 0) is 25.3 Å². The fourth-order valence-corrected chi connectivity index (χ4v) is 3.05. The summed E-state index contributed by atoms with van der Waals surface area (Å²) in [5, 5.41) is 5.56. The van der Waals surface area contributed by atoms with E-state index in [1.165, 1.54) is 0 Å². The van der Waals surface area contributed by atoms with E-state index in [9.17, 15) is 4.79 Å². The van der Waals surface area contributed by atoms with Gasteiger partial charge in [0.1, 0.15) is 5.78 Å². The molecule has 4 nitrogen and oxygen atoms in total. The highest BCUT2D eigenvalue weighted by molar-refractivity contribution is 5.89. The molecule has 20 heavy (non-hydrogen) atoms. The Labute approximate surface area is 118 Å². The zero-order chi connectivity index (χ0) is 14.2. The molecule has 1 aromatic heterocycles. The second kappa shape index (κ2) is 5.02. The van der Waals surface area contributed by atoms with Crippen LogP contribution in [-0.2, 0) is 23.0 Å². The lowest BCUT2D eigenvalue weighted by molar-refractivity contribution is -0.131. The summed E-state index contributed by atoms with van der Waals surface area (Å²) in [5.74, 6) is 0.218. The van der Waals surface area contributed by atoms with Crippen LogP contribution >= 0.6 is 0 Å². The smallest absolute Gasteiger partial charge is 0.141 e. The summed E-state index contributed by atoms with van der Waals surface area (Å²) < 4.78 is 7.37. The van der Waals surface area contributed by atoms with Crippen molar-refractivity contribution in [2.45, 2.75) is 37.7 Å². The predicted molar refractivity (Wildman–Crippen MR) is 77.6 cm³/mol. The maximum atomic E-state index is 12.3. The number of carbonyl (C=O) groups is 1. The number of benzene rings is 1. The third kappa shape index (κ3) is 2.24. The van der Waals surface area contributed by atoms with E-state index in [0.717, 1.165) is 35.9 Å². The van der Waals surface area contributed by atoms with Crippen LogP contribution in [0.2, 0.25) is 0 Å². The van der Waals surface area contributed by atoms with Gasteiger partial charge in [-0.25, -0.2) is 0 Å². The number of aryl methyl sites for hydroxylation is 1. The second-order valence-electron chi connectivity index (χ2n) is 5.72. The fraction of sp³-hybridized carbons (Fsp3) is 0.500. The molecule has 0 amide bonds. The van der Waals surface area contributed by atoms with Crippen LogP contribution in [0.3, 0.4) is 0 Å². The van der Waals surface area contributed by atoms with Crippen molar-refractivity contribution in [2.24, 2.45) is 7.05 Å². The van der Waals surface area contributed by atoms with Gasteiger partial charge >= 0.3 is 0 Å². The number of rotatable bonds is 5. The van der Waals surface area contributed by atoms with Gasteiger partial charge in [-0.1, -0.05) is 18.2 Å². The molecule has 4 heteroatoms. The van der Waals surface area contributed by atoms with Gasteiger partial charge in [0.2, 0.25) is 0 Å². The standard InChI is InChI=1S/C16H20N2O2/c1-18-15-7-4-3-6-13(15)14(17-18)10-12(19)11-16(20-2)8-5-9-16/h3-4,6-7H,5,8-11H2,1-2H3. The van der Waals surface area contributed by atoms with Crippen LogP contribution in [0, 0.1) is 0 Å². The molecule has 0 unspecified atom stereocenters. The van der Waals surface area contributed by atoms with E-state index in [1.54, 1.807) is 7.11 Å². The Bertz CT molecular complexity index is 635. The minimum absolute atomic E-state index is 0.193. The fourth-order valence-electron chi connectivity index (χ4n) is 3.05. The molecule has 3 rings (SSSR count). The molecule has 1 saturated carbocycles. The Kier molecular flexibility index (Phi) is 3.34. The number of aromatic nitrogens is 2. The van der Waals surface area contributed by atoms with Gasteiger partial charge in [-0.2, -0.15) is 5.10 Å². The number of hydrogen-bond donors (Lipinski definition) is 0. The number of para-hydroxylation sites is 1. The number of ether oxygens (including phenoxy) is 1. The summed E-state index contributed by atoms with van der Waals surface area (Å²) in [7, 11) is 3.63. The van der Waals surface area contributed by atoms with E-state index in [4.69, 9.17) is 4.74 Å². The highest BCUT2D eigenvalue weighted by atomic mass is 16.5. The van der Waals surface area contributed by atoms with Crippen LogP contribution in [0.25, 0.3) is 10.9 Å². The van der Waals surface area contributed by atoms with Crippen LogP contribution in [0.5, 0.6) is 0 Å². The van der Waals surface area contributed by atoms with Crippen molar-refractivity contribution in [1.29, 1.82) is 0 Å². The third-order valence-electron chi connectivity index (χ3n) is 4.42. The molecule has 1 aliphatic carbocycles. The molecule has 0 spiro atoms. The lowest BCUT2D eigenvalue weighted by Gasteiger charge is -2.40. The first-order chi connectivity index (χ1) is 9.63. The predicted octanol–water partition coefficient (Wildman–Crippen LogP) is 2.64. The zero-order valence-corrected chi connectivity index (χ0v) is 12.1. The molecule has 2 aromatic rings. The number of carbonyl (C=O) groups excluding carboxylic acids is 1. The molecule has 106 valence electrons. The van der Waals surface area contributed by atoms with E-state index in [1.807, 2.05) is 36.0 Å². The number of nitrogens with zero attached hydrogens (tertiary/aromatic N) is 2. The highest BCUT2D eigenvalue weighted by Gasteiger charge is 2.38. The first kappa shape index (κ1) is 13.3. The second-order valence-corrected chi connectivity index (χ2v) is 5.72. The summed E-state index contributed by atoms with van der Waals surface area (Å²) in [6.07, 6.45) is 4.06. The van der Waals surface area contributed by atoms with Gasteiger partial charge in [0, 0.05) is 26.0 Å². The first-order valence-corrected chi connectivity index (χ1v) is 7.11. The van der Waals surface area contributed by atoms with Gasteiger partial charge in [-0.15, -0.1) is 0 Å². The van der Waals surface area contributed by atoms with E-state index < -0.39 is 0 Å². The largest absolute Gasteiger partial charge is 0.378 e. The van der Waals surface area contributed by atoms with Crippen LogP contribution in [0.1, 0.15) is 31.4 Å². The van der Waals surface area contributed by atoms with Crippen LogP contribution < -0.4 is 0 Å². The van der Waals surface area contributed by atoms with E-state index in [0.29, 0.717) is 12.8 Å². The topological polar surface area (TPSA) is 44.1 Å². The molecule has 1 aromatic carbocycles. The Morgan fingerprint density at radius 3 is 2.80 bits per heavy atom. The third-order valence-corrected chi connectivity index (χ3v) is 4.42. The first-order valence-electron chi connectivity index (χ1n) is 7.11. The molecular formula is C16H20N2O2. The monoisotopic (exact) mass is 272 g/mol. The summed E-state index contributed by atoms with van der Waals surface area (Å²) in [6.45, 7) is 0. The van der Waals surface area contributed by atoms with Crippen molar-refractivity contribution in [2.75, 3.05) is 7.11 Å². The van der Waals surface area contributed by atoms with Gasteiger partial charge in [0.05, 0.1) is 23.2 Å². The summed E-state index contributed by atoms with van der Waals surface area (Å²) in [4.78, 5) is 12.3. The molecule has 0 bridgehead atoms. The number of fused-ring (bicyclic) bond motifs is 1. The summed E-state index contributed by atoms with van der Waals surface area (Å²) >= 11 is 0. The van der Waals surface area contributed by atoms with Crippen molar-refractivity contribution in [3.63, 3.8) is 0 Å². The summed E-state index contributed by atoms with van der Waals surface area (Å²) in [6, 6.07) is 8.03. The van der Waals surface area contributed by atoms with Crippen molar-refractivity contribution in [3.05, 3.63) is 30.0 Å². The van der Waals surface area contributed by atoms with Crippen LogP contribution in [-0.4, -0.2) is 28.3 Å². The molecule has 0 radical (unpaired) electrons. The lowest BCUT2D eigenvalue weighted by atomic mass is 9.76. The number of ketones is 1. The average Bonchev–Trinajstić information content (AvgIpc) is 2.71.